The molecule has 4 nitrogen and oxygen atoms in total. The minimum atomic E-state index is 0.208. The number of piperazine rings is 1. The van der Waals surface area contributed by atoms with Crippen molar-refractivity contribution in [1.82, 2.24) is 9.88 Å². The van der Waals surface area contributed by atoms with Crippen molar-refractivity contribution in [2.45, 2.75) is 19.4 Å². The van der Waals surface area contributed by atoms with E-state index < -0.39 is 0 Å². The molecule has 1 saturated heterocycles. The van der Waals surface area contributed by atoms with Crippen molar-refractivity contribution in [3.8, 4) is 0 Å². The molecule has 1 aliphatic heterocycles. The van der Waals surface area contributed by atoms with Gasteiger partial charge in [-0.2, -0.15) is 0 Å². The number of pyridine rings is 1. The summed E-state index contributed by atoms with van der Waals surface area (Å²) in [5.74, 6) is 0.581. The smallest absolute Gasteiger partial charge is 0.123 e. The predicted octanol–water partition coefficient (Wildman–Crippen LogP) is 1.19. The van der Waals surface area contributed by atoms with Gasteiger partial charge < -0.3 is 10.6 Å². The average Bonchev–Trinajstić information content (AvgIpc) is 2.23. The number of nitrogens with two attached hydrogens (primary N) is 1. The first kappa shape index (κ1) is 11.2. The van der Waals surface area contributed by atoms with Crippen molar-refractivity contribution in [3.05, 3.63) is 18.3 Å². The molecule has 0 saturated carbocycles. The molecular formula is C12H20N4. The Labute approximate surface area is 97.1 Å². The minimum absolute atomic E-state index is 0.208. The van der Waals surface area contributed by atoms with Crippen LogP contribution in [0.15, 0.2) is 18.3 Å². The minimum Gasteiger partial charge on any atom is -0.384 e. The Balaban J connectivity index is 2.14. The lowest BCUT2D eigenvalue weighted by molar-refractivity contribution is 0.139. The fraction of sp³-hybridized carbons (Fsp3) is 0.583. The van der Waals surface area contributed by atoms with Gasteiger partial charge in [-0.05, 0) is 33.0 Å². The van der Waals surface area contributed by atoms with Crippen LogP contribution in [0.1, 0.15) is 13.8 Å². The van der Waals surface area contributed by atoms with Crippen molar-refractivity contribution in [2.75, 3.05) is 37.3 Å². The summed E-state index contributed by atoms with van der Waals surface area (Å²) < 4.78 is 0. The van der Waals surface area contributed by atoms with E-state index in [-0.39, 0.29) is 5.54 Å². The zero-order valence-electron chi connectivity index (χ0n) is 10.3. The highest BCUT2D eigenvalue weighted by Gasteiger charge is 2.31. The van der Waals surface area contributed by atoms with E-state index in [0.29, 0.717) is 5.82 Å². The van der Waals surface area contributed by atoms with Gasteiger partial charge >= 0.3 is 0 Å². The monoisotopic (exact) mass is 220 g/mol. The maximum atomic E-state index is 5.59. The van der Waals surface area contributed by atoms with Gasteiger partial charge in [-0.15, -0.1) is 0 Å². The van der Waals surface area contributed by atoms with Crippen LogP contribution in [0.25, 0.3) is 0 Å². The van der Waals surface area contributed by atoms with Crippen molar-refractivity contribution in [2.24, 2.45) is 0 Å². The molecule has 4 heteroatoms. The fourth-order valence-corrected chi connectivity index (χ4v) is 2.05. The Bertz CT molecular complexity index is 358. The van der Waals surface area contributed by atoms with Gasteiger partial charge in [0.1, 0.15) is 5.82 Å². The first-order valence-corrected chi connectivity index (χ1v) is 5.67. The molecule has 0 bridgehead atoms. The summed E-state index contributed by atoms with van der Waals surface area (Å²) in [6.07, 6.45) is 1.86. The molecule has 0 radical (unpaired) electrons. The molecule has 0 atom stereocenters. The molecule has 0 spiro atoms. The number of nitrogens with zero attached hydrogens (tertiary/aromatic N) is 3. The largest absolute Gasteiger partial charge is 0.384 e. The number of hydrogen-bond donors (Lipinski definition) is 1. The van der Waals surface area contributed by atoms with Crippen LogP contribution in [0.4, 0.5) is 11.5 Å². The van der Waals surface area contributed by atoms with E-state index in [2.05, 4.69) is 35.7 Å². The van der Waals surface area contributed by atoms with Crippen molar-refractivity contribution < 1.29 is 0 Å². The molecule has 0 aliphatic carbocycles. The molecule has 1 aromatic rings. The second kappa shape index (κ2) is 3.94. The number of hydrogen-bond acceptors (Lipinski definition) is 4. The van der Waals surface area contributed by atoms with E-state index >= 15 is 0 Å². The topological polar surface area (TPSA) is 45.4 Å². The first-order valence-electron chi connectivity index (χ1n) is 5.67. The lowest BCUT2D eigenvalue weighted by atomic mass is 9.99. The molecule has 0 aromatic carbocycles. The maximum absolute atomic E-state index is 5.59. The van der Waals surface area contributed by atoms with Gasteiger partial charge in [0.05, 0.1) is 11.9 Å². The zero-order chi connectivity index (χ0) is 11.8. The van der Waals surface area contributed by atoms with Crippen LogP contribution in [0.3, 0.4) is 0 Å². The summed E-state index contributed by atoms with van der Waals surface area (Å²) >= 11 is 0. The van der Waals surface area contributed by atoms with Gasteiger partial charge in [-0.3, -0.25) is 4.90 Å². The van der Waals surface area contributed by atoms with Crippen LogP contribution >= 0.6 is 0 Å². The summed E-state index contributed by atoms with van der Waals surface area (Å²) in [7, 11) is 2.18. The second-order valence-electron chi connectivity index (χ2n) is 5.10. The van der Waals surface area contributed by atoms with Gasteiger partial charge in [-0.1, -0.05) is 0 Å². The van der Waals surface area contributed by atoms with Gasteiger partial charge in [0.2, 0.25) is 0 Å². The van der Waals surface area contributed by atoms with Crippen LogP contribution in [0.5, 0.6) is 0 Å². The standard InChI is InChI=1S/C12H20N4/c1-12(2)9-16(7-6-15(12)3)10-4-5-11(13)14-8-10/h4-5,8H,6-7,9H2,1-3H3,(H2,13,14). The van der Waals surface area contributed by atoms with Crippen molar-refractivity contribution in [3.63, 3.8) is 0 Å². The fourth-order valence-electron chi connectivity index (χ4n) is 2.05. The molecule has 2 heterocycles. The molecule has 88 valence electrons. The average molecular weight is 220 g/mol. The predicted molar refractivity (Wildman–Crippen MR) is 67.6 cm³/mol. The normalized spacial score (nSPS) is 21.1. The van der Waals surface area contributed by atoms with Crippen LogP contribution in [0, 0.1) is 0 Å². The Morgan fingerprint density at radius 1 is 1.31 bits per heavy atom. The van der Waals surface area contributed by atoms with E-state index in [1.165, 1.54) is 0 Å². The maximum Gasteiger partial charge on any atom is 0.123 e. The molecule has 2 rings (SSSR count). The summed E-state index contributed by atoms with van der Waals surface area (Å²) in [4.78, 5) is 8.91. The molecule has 0 unspecified atom stereocenters. The second-order valence-corrected chi connectivity index (χ2v) is 5.10. The van der Waals surface area contributed by atoms with E-state index in [0.717, 1.165) is 25.3 Å². The van der Waals surface area contributed by atoms with E-state index in [1.54, 1.807) is 0 Å². The highest BCUT2D eigenvalue weighted by molar-refractivity contribution is 5.48. The van der Waals surface area contributed by atoms with Crippen molar-refractivity contribution >= 4 is 11.5 Å². The van der Waals surface area contributed by atoms with E-state index in [9.17, 15) is 0 Å². The molecule has 2 N–H and O–H groups in total. The van der Waals surface area contributed by atoms with Crippen LogP contribution < -0.4 is 10.6 Å². The van der Waals surface area contributed by atoms with Gasteiger partial charge in [0, 0.05) is 25.2 Å². The molecule has 0 amide bonds. The van der Waals surface area contributed by atoms with E-state index in [4.69, 9.17) is 5.73 Å². The van der Waals surface area contributed by atoms with Gasteiger partial charge in [0.15, 0.2) is 0 Å². The van der Waals surface area contributed by atoms with E-state index in [1.807, 2.05) is 18.3 Å². The number of nitrogen functional groups attached to an aromatic ring is 1. The third kappa shape index (κ3) is 2.11. The first-order chi connectivity index (χ1) is 7.49. The molecular weight excluding hydrogens is 200 g/mol. The molecule has 16 heavy (non-hydrogen) atoms. The number of likely N-dealkylation sites (N-methyl/N-ethyl adjacent to an activating group) is 1. The summed E-state index contributed by atoms with van der Waals surface area (Å²) in [6.45, 7) is 7.69. The number of aromatic nitrogens is 1. The highest BCUT2D eigenvalue weighted by Crippen LogP contribution is 2.23. The van der Waals surface area contributed by atoms with Crippen LogP contribution in [-0.4, -0.2) is 42.1 Å². The highest BCUT2D eigenvalue weighted by atomic mass is 15.3. The SMILES string of the molecule is CN1CCN(c2ccc(N)nc2)CC1(C)C. The molecule has 1 aromatic heterocycles. The Kier molecular flexibility index (Phi) is 2.76. The zero-order valence-corrected chi connectivity index (χ0v) is 10.3. The summed E-state index contributed by atoms with van der Waals surface area (Å²) in [5.41, 5.74) is 6.96. The molecule has 1 fully saturated rings. The van der Waals surface area contributed by atoms with Gasteiger partial charge in [-0.25, -0.2) is 4.98 Å². The summed E-state index contributed by atoms with van der Waals surface area (Å²) in [5, 5.41) is 0. The third-order valence-corrected chi connectivity index (χ3v) is 3.45. The molecule has 1 aliphatic rings. The van der Waals surface area contributed by atoms with Crippen molar-refractivity contribution in [1.29, 1.82) is 0 Å². The third-order valence-electron chi connectivity index (χ3n) is 3.45. The Hall–Kier alpha value is -1.29. The number of anilines is 2. The van der Waals surface area contributed by atoms with Crippen LogP contribution in [0.2, 0.25) is 0 Å². The number of rotatable bonds is 1. The van der Waals surface area contributed by atoms with Gasteiger partial charge in [0.25, 0.3) is 0 Å². The van der Waals surface area contributed by atoms with Crippen LogP contribution in [-0.2, 0) is 0 Å². The Morgan fingerprint density at radius 2 is 2.06 bits per heavy atom. The quantitative estimate of drug-likeness (QED) is 0.772. The lowest BCUT2D eigenvalue weighted by Gasteiger charge is -2.46. The lowest BCUT2D eigenvalue weighted by Crippen LogP contribution is -2.57. The Morgan fingerprint density at radius 3 is 2.62 bits per heavy atom. The summed E-state index contributed by atoms with van der Waals surface area (Å²) in [6, 6.07) is 3.91.